The van der Waals surface area contributed by atoms with Crippen LogP contribution < -0.4 is 0 Å². The highest BCUT2D eigenvalue weighted by Gasteiger charge is 2.43. The number of aliphatic carboxylic acids is 2. The van der Waals surface area contributed by atoms with Gasteiger partial charge in [-0.2, -0.15) is 0 Å². The first kappa shape index (κ1) is 9.90. The van der Waals surface area contributed by atoms with Crippen LogP contribution in [0.2, 0.25) is 0 Å². The first-order valence-electron chi connectivity index (χ1n) is 2.97. The highest BCUT2D eigenvalue weighted by Crippen LogP contribution is 2.11. The molecule has 0 bridgehead atoms. The number of carbonyl (C=O) groups is 2. The molecule has 0 spiro atoms. The van der Waals surface area contributed by atoms with Crippen molar-refractivity contribution in [3.8, 4) is 0 Å². The van der Waals surface area contributed by atoms with E-state index in [0.717, 1.165) is 11.8 Å². The molecule has 0 fully saturated rings. The average Bonchev–Trinajstić information content (AvgIpc) is 1.84. The lowest BCUT2D eigenvalue weighted by atomic mass is 10.0. The van der Waals surface area contributed by atoms with Crippen molar-refractivity contribution in [3.63, 3.8) is 0 Å². The molecule has 0 aromatic rings. The molecule has 0 rings (SSSR count). The number of carboxylic acid groups (broad SMARTS) is 2. The third-order valence-corrected chi connectivity index (χ3v) is 1.73. The Morgan fingerprint density at radius 3 is 1.45 bits per heavy atom. The largest absolute Gasteiger partial charge is 0.479 e. The maximum Gasteiger partial charge on any atom is 0.335 e. The molecule has 0 aromatic heterocycles. The van der Waals surface area contributed by atoms with Crippen molar-refractivity contribution in [2.24, 2.45) is 0 Å². The molecule has 0 atom stereocenters. The van der Waals surface area contributed by atoms with Gasteiger partial charge < -0.3 is 10.2 Å². The van der Waals surface area contributed by atoms with Gasteiger partial charge in [0.15, 0.2) is 0 Å². The van der Waals surface area contributed by atoms with Crippen molar-refractivity contribution in [1.82, 2.24) is 4.90 Å². The summed E-state index contributed by atoms with van der Waals surface area (Å²) in [5, 5.41) is 17.1. The Kier molecular flexibility index (Phi) is 2.59. The van der Waals surface area contributed by atoms with Gasteiger partial charge >= 0.3 is 11.9 Å². The van der Waals surface area contributed by atoms with E-state index in [1.54, 1.807) is 0 Å². The summed E-state index contributed by atoms with van der Waals surface area (Å²) in [6.07, 6.45) is 0. The highest BCUT2D eigenvalue weighted by atomic mass is 16.4. The minimum absolute atomic E-state index is 1.14. The van der Waals surface area contributed by atoms with Crippen LogP contribution in [0.1, 0.15) is 6.92 Å². The van der Waals surface area contributed by atoms with Gasteiger partial charge in [0.2, 0.25) is 5.54 Å². The molecule has 0 amide bonds. The first-order chi connectivity index (χ1) is 4.83. The van der Waals surface area contributed by atoms with E-state index in [4.69, 9.17) is 10.2 Å². The second-order valence-corrected chi connectivity index (χ2v) is 2.58. The number of carboxylic acids is 2. The lowest BCUT2D eigenvalue weighted by molar-refractivity contribution is -0.164. The summed E-state index contributed by atoms with van der Waals surface area (Å²) in [7, 11) is 2.81. The van der Waals surface area contributed by atoms with Crippen LogP contribution in [0.15, 0.2) is 0 Å². The summed E-state index contributed by atoms with van der Waals surface area (Å²) < 4.78 is 0. The van der Waals surface area contributed by atoms with Gasteiger partial charge in [-0.25, -0.2) is 9.59 Å². The van der Waals surface area contributed by atoms with Crippen molar-refractivity contribution < 1.29 is 19.8 Å². The zero-order chi connectivity index (χ0) is 9.23. The molecular formula is C6H11NO4. The fourth-order valence-corrected chi connectivity index (χ4v) is 0.474. The van der Waals surface area contributed by atoms with Crippen molar-refractivity contribution in [1.29, 1.82) is 0 Å². The highest BCUT2D eigenvalue weighted by molar-refractivity contribution is 6.02. The lowest BCUT2D eigenvalue weighted by Gasteiger charge is -2.26. The molecule has 0 aliphatic carbocycles. The number of nitrogens with zero attached hydrogens (tertiary/aromatic N) is 1. The Bertz CT molecular complexity index is 173. The van der Waals surface area contributed by atoms with Gasteiger partial charge in [-0.05, 0) is 21.0 Å². The van der Waals surface area contributed by atoms with Crippen molar-refractivity contribution in [2.75, 3.05) is 14.1 Å². The Morgan fingerprint density at radius 2 is 1.45 bits per heavy atom. The third-order valence-electron chi connectivity index (χ3n) is 1.73. The quantitative estimate of drug-likeness (QED) is 0.544. The van der Waals surface area contributed by atoms with Gasteiger partial charge in [0.1, 0.15) is 0 Å². The number of rotatable bonds is 3. The van der Waals surface area contributed by atoms with Gasteiger partial charge in [-0.15, -0.1) is 0 Å². The molecule has 64 valence electrons. The van der Waals surface area contributed by atoms with Gasteiger partial charge in [-0.1, -0.05) is 0 Å². The van der Waals surface area contributed by atoms with Crippen LogP contribution >= 0.6 is 0 Å². The number of hydrogen-bond donors (Lipinski definition) is 2. The molecule has 0 unspecified atom stereocenters. The molecule has 11 heavy (non-hydrogen) atoms. The molecule has 5 heteroatoms. The molecule has 0 saturated carbocycles. The smallest absolute Gasteiger partial charge is 0.335 e. The first-order valence-corrected chi connectivity index (χ1v) is 2.97. The van der Waals surface area contributed by atoms with Crippen LogP contribution in [0.4, 0.5) is 0 Å². The van der Waals surface area contributed by atoms with E-state index in [-0.39, 0.29) is 0 Å². The van der Waals surface area contributed by atoms with Crippen LogP contribution in [-0.4, -0.2) is 46.7 Å². The standard InChI is InChI=1S/C6H11NO4/c1-6(4(8)9,5(10)11)7(2)3/h1-3H3,(H,8,9)(H,10,11). The van der Waals surface area contributed by atoms with E-state index in [9.17, 15) is 9.59 Å². The van der Waals surface area contributed by atoms with Gasteiger partial charge in [0, 0.05) is 0 Å². The zero-order valence-electron chi connectivity index (χ0n) is 6.66. The summed E-state index contributed by atoms with van der Waals surface area (Å²) in [5.74, 6) is -2.73. The van der Waals surface area contributed by atoms with Crippen LogP contribution in [0.25, 0.3) is 0 Å². The molecule has 2 N–H and O–H groups in total. The third kappa shape index (κ3) is 1.48. The molecule has 0 aliphatic rings. The molecule has 0 heterocycles. The normalized spacial score (nSPS) is 11.6. The average molecular weight is 161 g/mol. The van der Waals surface area contributed by atoms with Crippen molar-refractivity contribution in [2.45, 2.75) is 12.5 Å². The maximum absolute atomic E-state index is 10.5. The van der Waals surface area contributed by atoms with Crippen LogP contribution in [0.5, 0.6) is 0 Å². The predicted octanol–water partition coefficient (Wildman–Crippen LogP) is -0.524. The van der Waals surface area contributed by atoms with E-state index < -0.39 is 17.5 Å². The predicted molar refractivity (Wildman–Crippen MR) is 37.4 cm³/mol. The maximum atomic E-state index is 10.5. The summed E-state index contributed by atoms with van der Waals surface area (Å²) in [4.78, 5) is 22.1. The van der Waals surface area contributed by atoms with Gasteiger partial charge in [-0.3, -0.25) is 4.90 Å². The summed E-state index contributed by atoms with van der Waals surface area (Å²) >= 11 is 0. The lowest BCUT2D eigenvalue weighted by Crippen LogP contribution is -2.54. The monoisotopic (exact) mass is 161 g/mol. The fourth-order valence-electron chi connectivity index (χ4n) is 0.474. The van der Waals surface area contributed by atoms with E-state index >= 15 is 0 Å². The van der Waals surface area contributed by atoms with Crippen LogP contribution in [0, 0.1) is 0 Å². The second-order valence-electron chi connectivity index (χ2n) is 2.58. The Morgan fingerprint density at radius 1 is 1.18 bits per heavy atom. The van der Waals surface area contributed by atoms with E-state index in [0.29, 0.717) is 0 Å². The summed E-state index contributed by atoms with van der Waals surface area (Å²) in [6, 6.07) is 0. The van der Waals surface area contributed by atoms with Crippen molar-refractivity contribution >= 4 is 11.9 Å². The van der Waals surface area contributed by atoms with Crippen LogP contribution in [0.3, 0.4) is 0 Å². The van der Waals surface area contributed by atoms with Crippen LogP contribution in [-0.2, 0) is 9.59 Å². The molecular weight excluding hydrogens is 150 g/mol. The van der Waals surface area contributed by atoms with Gasteiger partial charge in [0.25, 0.3) is 0 Å². The minimum atomic E-state index is -1.83. The molecule has 5 nitrogen and oxygen atoms in total. The summed E-state index contributed by atoms with van der Waals surface area (Å²) in [5.41, 5.74) is -1.83. The van der Waals surface area contributed by atoms with Gasteiger partial charge in [0.05, 0.1) is 0 Å². The Labute approximate surface area is 64.2 Å². The molecule has 0 aliphatic heterocycles. The van der Waals surface area contributed by atoms with Crippen molar-refractivity contribution in [3.05, 3.63) is 0 Å². The molecule has 0 radical (unpaired) electrons. The molecule has 0 aromatic carbocycles. The number of hydrogen-bond acceptors (Lipinski definition) is 3. The summed E-state index contributed by atoms with van der Waals surface area (Å²) in [6.45, 7) is 1.14. The Balaban J connectivity index is 4.82. The fraction of sp³-hybridized carbons (Fsp3) is 0.667. The number of likely N-dealkylation sites (N-methyl/N-ethyl adjacent to an activating group) is 1. The van der Waals surface area contributed by atoms with E-state index in [2.05, 4.69) is 0 Å². The zero-order valence-corrected chi connectivity index (χ0v) is 6.66. The van der Waals surface area contributed by atoms with E-state index in [1.165, 1.54) is 14.1 Å². The Hall–Kier alpha value is -1.10. The van der Waals surface area contributed by atoms with E-state index in [1.807, 2.05) is 0 Å². The minimum Gasteiger partial charge on any atom is -0.479 e. The molecule has 0 saturated heterocycles. The second kappa shape index (κ2) is 2.87. The SMILES string of the molecule is CN(C)C(C)(C(=O)O)C(=O)O. The topological polar surface area (TPSA) is 77.8 Å².